The maximum absolute atomic E-state index is 9.69. The minimum Gasteiger partial charge on any atom is -0.394 e. The van der Waals surface area contributed by atoms with E-state index in [1.54, 1.807) is 0 Å². The van der Waals surface area contributed by atoms with Crippen molar-refractivity contribution < 1.29 is 5.11 Å². The highest BCUT2D eigenvalue weighted by Crippen LogP contribution is 2.19. The molecule has 0 aliphatic carbocycles. The average Bonchev–Trinajstić information content (AvgIpc) is 2.38. The normalized spacial score (nSPS) is 21.2. The fraction of sp³-hybridized carbons (Fsp3) is 1.00. The fourth-order valence-electron chi connectivity index (χ4n) is 3.02. The largest absolute Gasteiger partial charge is 0.394 e. The third-order valence-corrected chi connectivity index (χ3v) is 4.15. The van der Waals surface area contributed by atoms with Gasteiger partial charge in [-0.25, -0.2) is 0 Å². The first-order chi connectivity index (χ1) is 8.62. The van der Waals surface area contributed by atoms with Gasteiger partial charge in [0, 0.05) is 11.6 Å². The minimum absolute atomic E-state index is 0.0655. The van der Waals surface area contributed by atoms with Crippen molar-refractivity contribution in [3.05, 3.63) is 0 Å². The molecule has 108 valence electrons. The van der Waals surface area contributed by atoms with E-state index < -0.39 is 0 Å². The van der Waals surface area contributed by atoms with E-state index >= 15 is 0 Å². The van der Waals surface area contributed by atoms with Crippen LogP contribution in [0, 0.1) is 0 Å². The molecule has 1 fully saturated rings. The van der Waals surface area contributed by atoms with E-state index in [0.717, 1.165) is 12.8 Å². The van der Waals surface area contributed by atoms with Crippen molar-refractivity contribution in [1.29, 1.82) is 0 Å². The van der Waals surface area contributed by atoms with Crippen LogP contribution < -0.4 is 5.32 Å². The van der Waals surface area contributed by atoms with Crippen LogP contribution in [0.4, 0.5) is 0 Å². The van der Waals surface area contributed by atoms with Crippen molar-refractivity contribution in [2.45, 2.75) is 70.9 Å². The van der Waals surface area contributed by atoms with E-state index in [-0.39, 0.29) is 12.1 Å². The van der Waals surface area contributed by atoms with Crippen LogP contribution >= 0.6 is 0 Å². The Kier molecular flexibility index (Phi) is 7.20. The summed E-state index contributed by atoms with van der Waals surface area (Å²) in [6.07, 6.45) is 7.40. The minimum atomic E-state index is -0.0655. The Balaban J connectivity index is 2.31. The molecule has 0 amide bonds. The molecule has 3 heteroatoms. The number of likely N-dealkylation sites (tertiary alicyclic amines) is 1. The maximum atomic E-state index is 9.69. The summed E-state index contributed by atoms with van der Waals surface area (Å²) in [5, 5.41) is 13.2. The van der Waals surface area contributed by atoms with Crippen molar-refractivity contribution in [1.82, 2.24) is 10.2 Å². The number of nitrogens with zero attached hydrogens (tertiary/aromatic N) is 1. The summed E-state index contributed by atoms with van der Waals surface area (Å²) in [5.74, 6) is 0. The molecule has 1 aliphatic heterocycles. The van der Waals surface area contributed by atoms with Crippen molar-refractivity contribution >= 4 is 0 Å². The maximum Gasteiger partial charge on any atom is 0.0613 e. The zero-order valence-corrected chi connectivity index (χ0v) is 12.5. The van der Waals surface area contributed by atoms with Gasteiger partial charge in [-0.05, 0) is 51.7 Å². The van der Waals surface area contributed by atoms with Crippen LogP contribution in [-0.4, -0.2) is 47.8 Å². The second-order valence-electron chi connectivity index (χ2n) is 6.10. The lowest BCUT2D eigenvalue weighted by molar-refractivity contribution is 0.127. The summed E-state index contributed by atoms with van der Waals surface area (Å²) in [4.78, 5) is 2.58. The Morgan fingerprint density at radius 1 is 1.22 bits per heavy atom. The molecule has 0 aromatic heterocycles. The first kappa shape index (κ1) is 15.9. The summed E-state index contributed by atoms with van der Waals surface area (Å²) >= 11 is 0. The molecular weight excluding hydrogens is 224 g/mol. The number of aliphatic hydroxyl groups excluding tert-OH is 1. The highest BCUT2D eigenvalue weighted by atomic mass is 16.3. The van der Waals surface area contributed by atoms with E-state index in [2.05, 4.69) is 31.0 Å². The van der Waals surface area contributed by atoms with Crippen LogP contribution in [0.15, 0.2) is 0 Å². The van der Waals surface area contributed by atoms with Crippen LogP contribution in [0.25, 0.3) is 0 Å². The van der Waals surface area contributed by atoms with Crippen molar-refractivity contribution in [3.63, 3.8) is 0 Å². The van der Waals surface area contributed by atoms with Gasteiger partial charge in [-0.1, -0.05) is 27.2 Å². The molecule has 0 radical (unpaired) electrons. The van der Waals surface area contributed by atoms with Gasteiger partial charge in [-0.2, -0.15) is 0 Å². The van der Waals surface area contributed by atoms with Gasteiger partial charge < -0.3 is 15.3 Å². The highest BCUT2D eigenvalue weighted by molar-refractivity contribution is 4.87. The van der Waals surface area contributed by atoms with Crippen LogP contribution in [-0.2, 0) is 0 Å². The van der Waals surface area contributed by atoms with Crippen LogP contribution in [0.5, 0.6) is 0 Å². The average molecular weight is 256 g/mol. The van der Waals surface area contributed by atoms with Crippen LogP contribution in [0.2, 0.25) is 0 Å². The highest BCUT2D eigenvalue weighted by Gasteiger charge is 2.27. The van der Waals surface area contributed by atoms with E-state index in [4.69, 9.17) is 0 Å². The second kappa shape index (κ2) is 8.13. The molecule has 0 spiro atoms. The molecule has 0 bridgehead atoms. The summed E-state index contributed by atoms with van der Waals surface area (Å²) < 4.78 is 0. The van der Waals surface area contributed by atoms with Gasteiger partial charge in [-0.3, -0.25) is 0 Å². The number of hydrogen-bond acceptors (Lipinski definition) is 3. The molecule has 1 unspecified atom stereocenters. The van der Waals surface area contributed by atoms with Gasteiger partial charge in [-0.15, -0.1) is 0 Å². The van der Waals surface area contributed by atoms with Gasteiger partial charge in [0.2, 0.25) is 0 Å². The van der Waals surface area contributed by atoms with Crippen LogP contribution in [0.1, 0.15) is 59.3 Å². The third kappa shape index (κ3) is 5.25. The molecule has 1 rings (SSSR count). The summed E-state index contributed by atoms with van der Waals surface area (Å²) in [5.41, 5.74) is -0.0655. The zero-order chi connectivity index (χ0) is 13.4. The Hall–Kier alpha value is -0.120. The number of hydrogen-bond donors (Lipinski definition) is 2. The third-order valence-electron chi connectivity index (χ3n) is 4.15. The number of aliphatic hydroxyl groups is 1. The van der Waals surface area contributed by atoms with Gasteiger partial charge in [0.05, 0.1) is 6.61 Å². The molecule has 0 aromatic rings. The standard InChI is InChI=1S/C15H32N2O/c1-4-15(13-18,16-14(2)3)9-8-12-17-10-6-5-7-11-17/h14,16,18H,4-13H2,1-3H3. The van der Waals surface area contributed by atoms with E-state index in [1.165, 1.54) is 45.3 Å². The van der Waals surface area contributed by atoms with Crippen molar-refractivity contribution in [3.8, 4) is 0 Å². The molecular formula is C15H32N2O. The smallest absolute Gasteiger partial charge is 0.0613 e. The summed E-state index contributed by atoms with van der Waals surface area (Å²) in [6.45, 7) is 10.5. The van der Waals surface area contributed by atoms with Gasteiger partial charge in [0.25, 0.3) is 0 Å². The topological polar surface area (TPSA) is 35.5 Å². The summed E-state index contributed by atoms with van der Waals surface area (Å²) in [7, 11) is 0. The SMILES string of the molecule is CCC(CO)(CCCN1CCCCC1)NC(C)C. The molecule has 0 saturated carbocycles. The Labute approximate surface area is 113 Å². The zero-order valence-electron chi connectivity index (χ0n) is 12.5. The lowest BCUT2D eigenvalue weighted by atomic mass is 9.90. The predicted octanol–water partition coefficient (Wildman–Crippen LogP) is 2.39. The van der Waals surface area contributed by atoms with Crippen molar-refractivity contribution in [2.24, 2.45) is 0 Å². The quantitative estimate of drug-likeness (QED) is 0.700. The molecule has 1 heterocycles. The molecule has 0 aromatic carbocycles. The van der Waals surface area contributed by atoms with Crippen molar-refractivity contribution in [2.75, 3.05) is 26.2 Å². The first-order valence-electron chi connectivity index (χ1n) is 7.73. The van der Waals surface area contributed by atoms with E-state index in [9.17, 15) is 5.11 Å². The Bertz CT molecular complexity index is 209. The summed E-state index contributed by atoms with van der Waals surface area (Å²) in [6, 6.07) is 0.437. The molecule has 3 nitrogen and oxygen atoms in total. The lowest BCUT2D eigenvalue weighted by Gasteiger charge is -2.35. The van der Waals surface area contributed by atoms with Crippen LogP contribution in [0.3, 0.4) is 0 Å². The predicted molar refractivity (Wildman–Crippen MR) is 77.9 cm³/mol. The second-order valence-corrected chi connectivity index (χ2v) is 6.10. The first-order valence-corrected chi connectivity index (χ1v) is 7.73. The van der Waals surface area contributed by atoms with Gasteiger partial charge in [0.15, 0.2) is 0 Å². The fourth-order valence-corrected chi connectivity index (χ4v) is 3.02. The number of piperidine rings is 1. The lowest BCUT2D eigenvalue weighted by Crippen LogP contribution is -2.51. The Morgan fingerprint density at radius 3 is 2.39 bits per heavy atom. The monoisotopic (exact) mass is 256 g/mol. The molecule has 1 atom stereocenters. The van der Waals surface area contributed by atoms with E-state index in [0.29, 0.717) is 6.04 Å². The van der Waals surface area contributed by atoms with Gasteiger partial charge >= 0.3 is 0 Å². The molecule has 1 saturated heterocycles. The van der Waals surface area contributed by atoms with E-state index in [1.807, 2.05) is 0 Å². The molecule has 1 aliphatic rings. The molecule has 18 heavy (non-hydrogen) atoms. The molecule has 2 N–H and O–H groups in total. The number of rotatable bonds is 8. The Morgan fingerprint density at radius 2 is 1.89 bits per heavy atom. The number of nitrogens with one attached hydrogen (secondary N) is 1. The van der Waals surface area contributed by atoms with Gasteiger partial charge in [0.1, 0.15) is 0 Å².